The van der Waals surface area contributed by atoms with E-state index in [0.29, 0.717) is 6.54 Å². The molecule has 4 aromatic rings. The van der Waals surface area contributed by atoms with Gasteiger partial charge in [0.25, 0.3) is 0 Å². The van der Waals surface area contributed by atoms with Crippen LogP contribution in [-0.2, 0) is 18.7 Å². The van der Waals surface area contributed by atoms with E-state index >= 15 is 0 Å². The van der Waals surface area contributed by atoms with E-state index in [2.05, 4.69) is 70.0 Å². The highest BCUT2D eigenvalue weighted by Crippen LogP contribution is 2.29. The molecule has 29 heavy (non-hydrogen) atoms. The minimum atomic E-state index is 0.697. The summed E-state index contributed by atoms with van der Waals surface area (Å²) >= 11 is 3.36. The standard InChI is InChI=1S/C23H22N4S2/c1-3-13-27-21(14-18-10-5-4-6-11-18)25-26-23(27)29-16-19-15-28-22(24-19)20-12-8-7-9-17(20)2/h3-12,15H,1,13-14,16H2,2H3. The molecule has 0 unspecified atom stereocenters. The molecule has 0 N–H and O–H groups in total. The molecule has 0 saturated heterocycles. The molecular weight excluding hydrogens is 396 g/mol. The first-order valence-corrected chi connectivity index (χ1v) is 11.3. The number of hydrogen-bond donors (Lipinski definition) is 0. The Bertz CT molecular complexity index is 1100. The molecule has 4 rings (SSSR count). The maximum absolute atomic E-state index is 4.83. The molecule has 0 aliphatic heterocycles. The highest BCUT2D eigenvalue weighted by molar-refractivity contribution is 7.98. The van der Waals surface area contributed by atoms with Crippen LogP contribution < -0.4 is 0 Å². The Balaban J connectivity index is 1.49. The minimum absolute atomic E-state index is 0.697. The first kappa shape index (κ1) is 19.6. The number of hydrogen-bond acceptors (Lipinski definition) is 5. The predicted octanol–water partition coefficient (Wildman–Crippen LogP) is 5.78. The van der Waals surface area contributed by atoms with Crippen LogP contribution in [-0.4, -0.2) is 19.7 Å². The average molecular weight is 419 g/mol. The Kier molecular flexibility index (Phi) is 6.22. The summed E-state index contributed by atoms with van der Waals surface area (Å²) in [6.07, 6.45) is 2.65. The molecule has 0 spiro atoms. The van der Waals surface area contributed by atoms with Crippen molar-refractivity contribution in [1.29, 1.82) is 0 Å². The fourth-order valence-corrected chi connectivity index (χ4v) is 4.97. The van der Waals surface area contributed by atoms with Gasteiger partial charge in [0.2, 0.25) is 0 Å². The van der Waals surface area contributed by atoms with E-state index in [-0.39, 0.29) is 0 Å². The minimum Gasteiger partial charge on any atom is -0.302 e. The summed E-state index contributed by atoms with van der Waals surface area (Å²) in [5.74, 6) is 1.72. The maximum atomic E-state index is 4.83. The molecule has 146 valence electrons. The van der Waals surface area contributed by atoms with Crippen LogP contribution in [0.15, 0.2) is 77.8 Å². The van der Waals surface area contributed by atoms with Crippen molar-refractivity contribution >= 4 is 23.1 Å². The smallest absolute Gasteiger partial charge is 0.191 e. The van der Waals surface area contributed by atoms with E-state index < -0.39 is 0 Å². The quantitative estimate of drug-likeness (QED) is 0.269. The summed E-state index contributed by atoms with van der Waals surface area (Å²) in [6.45, 7) is 6.71. The van der Waals surface area contributed by atoms with Gasteiger partial charge < -0.3 is 4.57 Å². The first-order valence-electron chi connectivity index (χ1n) is 9.44. The largest absolute Gasteiger partial charge is 0.302 e. The molecule has 6 heteroatoms. The second kappa shape index (κ2) is 9.20. The van der Waals surface area contributed by atoms with Gasteiger partial charge in [-0.15, -0.1) is 28.1 Å². The zero-order chi connectivity index (χ0) is 20.1. The third-order valence-corrected chi connectivity index (χ3v) is 6.51. The van der Waals surface area contributed by atoms with E-state index in [4.69, 9.17) is 4.98 Å². The SMILES string of the molecule is C=CCn1c(Cc2ccccc2)nnc1SCc1csc(-c2ccccc2C)n1. The van der Waals surface area contributed by atoms with Crippen LogP contribution in [0.2, 0.25) is 0 Å². The van der Waals surface area contributed by atoms with Crippen molar-refractivity contribution in [1.82, 2.24) is 19.7 Å². The Labute approximate surface area is 179 Å². The van der Waals surface area contributed by atoms with Gasteiger partial charge in [-0.3, -0.25) is 0 Å². The number of thiazole rings is 1. The number of thioether (sulfide) groups is 1. The van der Waals surface area contributed by atoms with E-state index in [1.165, 1.54) is 16.7 Å². The number of nitrogens with zero attached hydrogens (tertiary/aromatic N) is 4. The van der Waals surface area contributed by atoms with E-state index in [1.807, 2.05) is 24.3 Å². The van der Waals surface area contributed by atoms with Gasteiger partial charge in [0.05, 0.1) is 5.69 Å². The van der Waals surface area contributed by atoms with E-state index in [9.17, 15) is 0 Å². The van der Waals surface area contributed by atoms with Gasteiger partial charge in [0.15, 0.2) is 5.16 Å². The molecule has 0 aliphatic carbocycles. The van der Waals surface area contributed by atoms with Crippen molar-refractivity contribution in [2.24, 2.45) is 0 Å². The molecule has 0 fully saturated rings. The number of benzene rings is 2. The fourth-order valence-electron chi connectivity index (χ4n) is 3.10. The summed E-state index contributed by atoms with van der Waals surface area (Å²) in [4.78, 5) is 4.83. The topological polar surface area (TPSA) is 43.6 Å². The van der Waals surface area contributed by atoms with Gasteiger partial charge in [0, 0.05) is 29.7 Å². The molecule has 0 bridgehead atoms. The molecule has 0 aliphatic rings. The van der Waals surface area contributed by atoms with Gasteiger partial charge in [-0.2, -0.15) is 0 Å². The van der Waals surface area contributed by atoms with Crippen LogP contribution >= 0.6 is 23.1 Å². The zero-order valence-electron chi connectivity index (χ0n) is 16.3. The maximum Gasteiger partial charge on any atom is 0.191 e. The van der Waals surface area contributed by atoms with Gasteiger partial charge in [0.1, 0.15) is 10.8 Å². The lowest BCUT2D eigenvalue weighted by Crippen LogP contribution is -2.04. The molecule has 2 heterocycles. The van der Waals surface area contributed by atoms with Crippen LogP contribution in [0.4, 0.5) is 0 Å². The third kappa shape index (κ3) is 4.66. The zero-order valence-corrected chi connectivity index (χ0v) is 17.9. The Morgan fingerprint density at radius 1 is 1.07 bits per heavy atom. The van der Waals surface area contributed by atoms with Crippen LogP contribution in [0.5, 0.6) is 0 Å². The van der Waals surface area contributed by atoms with E-state index in [1.54, 1.807) is 23.1 Å². The molecule has 0 saturated carbocycles. The Morgan fingerprint density at radius 2 is 1.86 bits per heavy atom. The number of aryl methyl sites for hydroxylation is 1. The van der Waals surface area contributed by atoms with Gasteiger partial charge in [-0.25, -0.2) is 4.98 Å². The van der Waals surface area contributed by atoms with Crippen molar-refractivity contribution < 1.29 is 0 Å². The second-order valence-electron chi connectivity index (χ2n) is 6.71. The monoisotopic (exact) mass is 418 g/mol. The van der Waals surface area contributed by atoms with Crippen molar-refractivity contribution in [2.75, 3.05) is 0 Å². The molecular formula is C23H22N4S2. The van der Waals surface area contributed by atoms with Crippen LogP contribution in [0, 0.1) is 6.92 Å². The molecule has 2 aromatic heterocycles. The van der Waals surface area contributed by atoms with Crippen molar-refractivity contribution in [3.05, 3.63) is 95.3 Å². The van der Waals surface area contributed by atoms with E-state index in [0.717, 1.165) is 33.9 Å². The summed E-state index contributed by atoms with van der Waals surface area (Å²) < 4.78 is 2.14. The lowest BCUT2D eigenvalue weighted by Gasteiger charge is -2.07. The lowest BCUT2D eigenvalue weighted by atomic mass is 10.1. The highest BCUT2D eigenvalue weighted by atomic mass is 32.2. The van der Waals surface area contributed by atoms with Gasteiger partial charge >= 0.3 is 0 Å². The normalized spacial score (nSPS) is 10.9. The van der Waals surface area contributed by atoms with Gasteiger partial charge in [-0.1, -0.05) is 72.4 Å². The third-order valence-electron chi connectivity index (χ3n) is 4.59. The van der Waals surface area contributed by atoms with Crippen LogP contribution in [0.25, 0.3) is 10.6 Å². The predicted molar refractivity (Wildman–Crippen MR) is 121 cm³/mol. The number of aromatic nitrogens is 4. The van der Waals surface area contributed by atoms with Gasteiger partial charge in [-0.05, 0) is 18.1 Å². The van der Waals surface area contributed by atoms with Crippen LogP contribution in [0.1, 0.15) is 22.6 Å². The summed E-state index contributed by atoms with van der Waals surface area (Å²) in [6, 6.07) is 18.7. The Morgan fingerprint density at radius 3 is 2.66 bits per heavy atom. The Hall–Kier alpha value is -2.70. The van der Waals surface area contributed by atoms with Crippen molar-refractivity contribution in [3.8, 4) is 10.6 Å². The molecule has 2 aromatic carbocycles. The lowest BCUT2D eigenvalue weighted by molar-refractivity contribution is 0.690. The van der Waals surface area contributed by atoms with Crippen molar-refractivity contribution in [2.45, 2.75) is 30.8 Å². The summed E-state index contributed by atoms with van der Waals surface area (Å²) in [5.41, 5.74) is 4.74. The second-order valence-corrected chi connectivity index (χ2v) is 8.51. The summed E-state index contributed by atoms with van der Waals surface area (Å²) in [5, 5.41) is 13.0. The number of rotatable bonds is 8. The molecule has 0 atom stereocenters. The first-order chi connectivity index (χ1) is 14.2. The molecule has 0 radical (unpaired) electrons. The van der Waals surface area contributed by atoms with Crippen molar-refractivity contribution in [3.63, 3.8) is 0 Å². The summed E-state index contributed by atoms with van der Waals surface area (Å²) in [7, 11) is 0. The average Bonchev–Trinajstić information content (AvgIpc) is 3.36. The number of allylic oxidation sites excluding steroid dienone is 1. The van der Waals surface area contributed by atoms with Crippen LogP contribution in [0.3, 0.4) is 0 Å². The fraction of sp³-hybridized carbons (Fsp3) is 0.174. The molecule has 4 nitrogen and oxygen atoms in total. The highest BCUT2D eigenvalue weighted by Gasteiger charge is 2.14. The molecule has 0 amide bonds.